The first-order valence-electron chi connectivity index (χ1n) is 7.05. The first-order valence-corrected chi connectivity index (χ1v) is 7.05. The molecule has 0 amide bonds. The van der Waals surface area contributed by atoms with Gasteiger partial charge in [-0.3, -0.25) is 0 Å². The second-order valence-electron chi connectivity index (χ2n) is 5.35. The zero-order valence-corrected chi connectivity index (χ0v) is 12.3. The van der Waals surface area contributed by atoms with Crippen LogP contribution < -0.4 is 0 Å². The van der Waals surface area contributed by atoms with E-state index in [4.69, 9.17) is 0 Å². The molecule has 0 unspecified atom stereocenters. The Morgan fingerprint density at radius 3 is 2.55 bits per heavy atom. The van der Waals surface area contributed by atoms with Gasteiger partial charge in [0.1, 0.15) is 0 Å². The standard InChI is InChI=1S/C17H14N4O/c1-10-8-15-18-11(2)13-9-14(12-6-4-3-5-7-12)17(22)19-16(13)21(15)20-10/h3-9H,1-2H3,(H,19,22). The first-order chi connectivity index (χ1) is 10.6. The van der Waals surface area contributed by atoms with E-state index in [0.29, 0.717) is 11.2 Å². The molecule has 0 radical (unpaired) electrons. The molecular weight excluding hydrogens is 276 g/mol. The highest BCUT2D eigenvalue weighted by Crippen LogP contribution is 2.31. The third kappa shape index (κ3) is 1.83. The SMILES string of the molecule is Cc1cc2nc(C)c3cc(-c4ccccc4)c(O)nc3n2n1. The highest BCUT2D eigenvalue weighted by molar-refractivity contribution is 5.87. The number of hydrogen-bond donors (Lipinski definition) is 1. The zero-order chi connectivity index (χ0) is 15.3. The summed E-state index contributed by atoms with van der Waals surface area (Å²) in [6.45, 7) is 3.85. The van der Waals surface area contributed by atoms with Crippen molar-refractivity contribution in [3.8, 4) is 17.0 Å². The quantitative estimate of drug-likeness (QED) is 0.584. The summed E-state index contributed by atoms with van der Waals surface area (Å²) in [4.78, 5) is 8.94. The second-order valence-corrected chi connectivity index (χ2v) is 5.35. The van der Waals surface area contributed by atoms with Crippen LogP contribution in [0.3, 0.4) is 0 Å². The van der Waals surface area contributed by atoms with Crippen molar-refractivity contribution >= 4 is 16.7 Å². The molecule has 4 aromatic rings. The van der Waals surface area contributed by atoms with Gasteiger partial charge in [0, 0.05) is 17.0 Å². The molecule has 1 aromatic carbocycles. The van der Waals surface area contributed by atoms with Crippen LogP contribution in [0.2, 0.25) is 0 Å². The van der Waals surface area contributed by atoms with Crippen molar-refractivity contribution < 1.29 is 5.11 Å². The van der Waals surface area contributed by atoms with E-state index in [0.717, 1.165) is 28.0 Å². The minimum Gasteiger partial charge on any atom is -0.493 e. The summed E-state index contributed by atoms with van der Waals surface area (Å²) >= 11 is 0. The van der Waals surface area contributed by atoms with Gasteiger partial charge in [-0.1, -0.05) is 30.3 Å². The maximum absolute atomic E-state index is 10.3. The molecular formula is C17H14N4O. The Kier molecular flexibility index (Phi) is 2.63. The van der Waals surface area contributed by atoms with Crippen LogP contribution >= 0.6 is 0 Å². The molecule has 0 aliphatic heterocycles. The van der Waals surface area contributed by atoms with E-state index in [9.17, 15) is 5.11 Å². The highest BCUT2D eigenvalue weighted by atomic mass is 16.3. The zero-order valence-electron chi connectivity index (χ0n) is 12.3. The van der Waals surface area contributed by atoms with Crippen LogP contribution in [0, 0.1) is 13.8 Å². The summed E-state index contributed by atoms with van der Waals surface area (Å²) in [5.41, 5.74) is 4.71. The summed E-state index contributed by atoms with van der Waals surface area (Å²) in [6, 6.07) is 13.5. The van der Waals surface area contributed by atoms with Gasteiger partial charge in [0.25, 0.3) is 0 Å². The van der Waals surface area contributed by atoms with Crippen molar-refractivity contribution in [1.29, 1.82) is 0 Å². The third-order valence-corrected chi connectivity index (χ3v) is 3.75. The van der Waals surface area contributed by atoms with Crippen LogP contribution in [0.5, 0.6) is 5.88 Å². The lowest BCUT2D eigenvalue weighted by atomic mass is 10.1. The molecule has 108 valence electrons. The monoisotopic (exact) mass is 290 g/mol. The van der Waals surface area contributed by atoms with Crippen LogP contribution in [-0.4, -0.2) is 24.7 Å². The fraction of sp³-hybridized carbons (Fsp3) is 0.118. The molecule has 0 saturated carbocycles. The molecule has 0 spiro atoms. The first kappa shape index (κ1) is 12.8. The van der Waals surface area contributed by atoms with Crippen molar-refractivity contribution in [2.24, 2.45) is 0 Å². The van der Waals surface area contributed by atoms with Crippen molar-refractivity contribution in [1.82, 2.24) is 19.6 Å². The van der Waals surface area contributed by atoms with Crippen LogP contribution in [-0.2, 0) is 0 Å². The molecule has 0 atom stereocenters. The van der Waals surface area contributed by atoms with Crippen molar-refractivity contribution in [2.75, 3.05) is 0 Å². The number of aromatic nitrogens is 4. The molecule has 22 heavy (non-hydrogen) atoms. The van der Waals surface area contributed by atoms with Gasteiger partial charge < -0.3 is 5.11 Å². The van der Waals surface area contributed by atoms with Gasteiger partial charge >= 0.3 is 0 Å². The number of pyridine rings is 1. The Hall–Kier alpha value is -2.95. The number of nitrogens with zero attached hydrogens (tertiary/aromatic N) is 4. The third-order valence-electron chi connectivity index (χ3n) is 3.75. The van der Waals surface area contributed by atoms with Crippen LogP contribution in [0.15, 0.2) is 42.5 Å². The van der Waals surface area contributed by atoms with Gasteiger partial charge in [0.15, 0.2) is 11.3 Å². The van der Waals surface area contributed by atoms with Crippen LogP contribution in [0.25, 0.3) is 27.8 Å². The molecule has 3 heterocycles. The second kappa shape index (κ2) is 4.53. The molecule has 0 bridgehead atoms. The maximum Gasteiger partial charge on any atom is 0.220 e. The molecule has 3 aromatic heterocycles. The summed E-state index contributed by atoms with van der Waals surface area (Å²) in [5.74, 6) is -0.00115. The van der Waals surface area contributed by atoms with Gasteiger partial charge in [-0.25, -0.2) is 4.98 Å². The normalized spacial score (nSPS) is 11.4. The van der Waals surface area contributed by atoms with E-state index < -0.39 is 0 Å². The maximum atomic E-state index is 10.3. The average molecular weight is 290 g/mol. The molecule has 0 aliphatic carbocycles. The molecule has 1 N–H and O–H groups in total. The number of aromatic hydroxyl groups is 1. The van der Waals surface area contributed by atoms with E-state index in [1.54, 1.807) is 4.52 Å². The Balaban J connectivity index is 2.10. The molecule has 0 aliphatic rings. The number of aryl methyl sites for hydroxylation is 2. The van der Waals surface area contributed by atoms with Crippen LogP contribution in [0.4, 0.5) is 0 Å². The number of rotatable bonds is 1. The van der Waals surface area contributed by atoms with Crippen molar-refractivity contribution in [3.05, 3.63) is 53.9 Å². The van der Waals surface area contributed by atoms with E-state index in [-0.39, 0.29) is 5.88 Å². The van der Waals surface area contributed by atoms with E-state index in [1.165, 1.54) is 0 Å². The lowest BCUT2D eigenvalue weighted by molar-refractivity contribution is 0.457. The van der Waals surface area contributed by atoms with Crippen molar-refractivity contribution in [2.45, 2.75) is 13.8 Å². The summed E-state index contributed by atoms with van der Waals surface area (Å²) in [5, 5.41) is 15.6. The summed E-state index contributed by atoms with van der Waals surface area (Å²) in [7, 11) is 0. The molecule has 0 saturated heterocycles. The minimum absolute atomic E-state index is 0.00115. The number of benzene rings is 1. The van der Waals surface area contributed by atoms with Gasteiger partial charge in [-0.2, -0.15) is 14.6 Å². The van der Waals surface area contributed by atoms with Gasteiger partial charge in [-0.15, -0.1) is 0 Å². The Labute approximate surface area is 126 Å². The fourth-order valence-electron chi connectivity index (χ4n) is 2.71. The highest BCUT2D eigenvalue weighted by Gasteiger charge is 2.14. The molecule has 5 nitrogen and oxygen atoms in total. The molecule has 0 fully saturated rings. The van der Waals surface area contributed by atoms with E-state index >= 15 is 0 Å². The fourth-order valence-corrected chi connectivity index (χ4v) is 2.71. The number of fused-ring (bicyclic) bond motifs is 3. The lowest BCUT2D eigenvalue weighted by Gasteiger charge is -2.09. The predicted octanol–water partition coefficient (Wildman–Crippen LogP) is 3.27. The predicted molar refractivity (Wildman–Crippen MR) is 84.9 cm³/mol. The Morgan fingerprint density at radius 2 is 1.77 bits per heavy atom. The van der Waals surface area contributed by atoms with Gasteiger partial charge in [-0.05, 0) is 25.5 Å². The smallest absolute Gasteiger partial charge is 0.220 e. The Bertz CT molecular complexity index is 1010. The largest absolute Gasteiger partial charge is 0.493 e. The molecule has 4 rings (SSSR count). The molecule has 5 heteroatoms. The van der Waals surface area contributed by atoms with E-state index in [2.05, 4.69) is 15.1 Å². The summed E-state index contributed by atoms with van der Waals surface area (Å²) in [6.07, 6.45) is 0. The summed E-state index contributed by atoms with van der Waals surface area (Å²) < 4.78 is 1.67. The van der Waals surface area contributed by atoms with Crippen LogP contribution in [0.1, 0.15) is 11.4 Å². The van der Waals surface area contributed by atoms with Gasteiger partial charge in [0.05, 0.1) is 11.4 Å². The topological polar surface area (TPSA) is 63.3 Å². The van der Waals surface area contributed by atoms with Crippen molar-refractivity contribution in [3.63, 3.8) is 0 Å². The Morgan fingerprint density at radius 1 is 1.00 bits per heavy atom. The average Bonchev–Trinajstić information content (AvgIpc) is 2.88. The number of hydrogen-bond acceptors (Lipinski definition) is 4. The lowest BCUT2D eigenvalue weighted by Crippen LogP contribution is -1.99. The van der Waals surface area contributed by atoms with Gasteiger partial charge in [0.2, 0.25) is 5.88 Å². The minimum atomic E-state index is -0.00115. The van der Waals surface area contributed by atoms with E-state index in [1.807, 2.05) is 56.3 Å².